The Morgan fingerprint density at radius 1 is 0.554 bits per heavy atom. The highest BCUT2D eigenvalue weighted by atomic mass is 31.2. The SMILES string of the molecule is CCCCC/C=C/C/C=C/CCCCCCCCCCCC(=O)O[C@H](COC(=O)CCCCCCC/C=C/CCCCCC)COP(=O)(O)OCC[N+](C)(C)C. The molecule has 0 heterocycles. The number of hydrogen-bond donors (Lipinski definition) is 1. The van der Waals surface area contributed by atoms with Gasteiger partial charge in [-0.1, -0.05) is 147 Å². The van der Waals surface area contributed by atoms with Gasteiger partial charge >= 0.3 is 19.8 Å². The maximum absolute atomic E-state index is 12.7. The zero-order chi connectivity index (χ0) is 41.4. The first-order valence-electron chi connectivity index (χ1n) is 22.7. The molecule has 0 saturated heterocycles. The Hall–Kier alpha value is -1.77. The quantitative estimate of drug-likeness (QED) is 0.0214. The maximum atomic E-state index is 12.7. The predicted octanol–water partition coefficient (Wildman–Crippen LogP) is 12.9. The molecule has 0 amide bonds. The van der Waals surface area contributed by atoms with Crippen LogP contribution in [-0.4, -0.2) is 74.9 Å². The van der Waals surface area contributed by atoms with E-state index in [1.165, 1.54) is 89.9 Å². The Labute approximate surface area is 344 Å². The van der Waals surface area contributed by atoms with Gasteiger partial charge in [-0.15, -0.1) is 0 Å². The van der Waals surface area contributed by atoms with Crippen molar-refractivity contribution in [1.82, 2.24) is 0 Å². The van der Waals surface area contributed by atoms with Crippen LogP contribution in [0.1, 0.15) is 194 Å². The number of esters is 2. The van der Waals surface area contributed by atoms with Crippen molar-refractivity contribution in [2.24, 2.45) is 0 Å². The number of quaternary nitrogens is 1. The average molecular weight is 813 g/mol. The molecule has 0 aliphatic rings. The summed E-state index contributed by atoms with van der Waals surface area (Å²) in [5.41, 5.74) is 0. The second-order valence-corrected chi connectivity index (χ2v) is 17.9. The van der Waals surface area contributed by atoms with Crippen LogP contribution >= 0.6 is 7.82 Å². The van der Waals surface area contributed by atoms with Crippen molar-refractivity contribution in [3.05, 3.63) is 36.5 Å². The summed E-state index contributed by atoms with van der Waals surface area (Å²) in [4.78, 5) is 35.4. The van der Waals surface area contributed by atoms with E-state index in [2.05, 4.69) is 50.3 Å². The van der Waals surface area contributed by atoms with Crippen LogP contribution < -0.4 is 0 Å². The third-order valence-corrected chi connectivity index (χ3v) is 10.6. The number of likely N-dealkylation sites (N-methyl/N-ethyl adjacent to an activating group) is 1. The molecule has 56 heavy (non-hydrogen) atoms. The fraction of sp³-hybridized carbons (Fsp3) is 0.826. The topological polar surface area (TPSA) is 108 Å². The van der Waals surface area contributed by atoms with Crippen LogP contribution in [0.5, 0.6) is 0 Å². The van der Waals surface area contributed by atoms with Crippen molar-refractivity contribution in [3.63, 3.8) is 0 Å². The van der Waals surface area contributed by atoms with E-state index in [1.54, 1.807) is 0 Å². The molecule has 0 radical (unpaired) electrons. The largest absolute Gasteiger partial charge is 0.472 e. The minimum Gasteiger partial charge on any atom is -0.462 e. The molecule has 0 aliphatic heterocycles. The Morgan fingerprint density at radius 2 is 0.964 bits per heavy atom. The first-order chi connectivity index (χ1) is 27.0. The van der Waals surface area contributed by atoms with Gasteiger partial charge in [0.15, 0.2) is 6.10 Å². The highest BCUT2D eigenvalue weighted by molar-refractivity contribution is 7.47. The highest BCUT2D eigenvalue weighted by Gasteiger charge is 2.27. The van der Waals surface area contributed by atoms with Crippen LogP contribution in [0.3, 0.4) is 0 Å². The molecule has 0 fully saturated rings. The van der Waals surface area contributed by atoms with E-state index in [0.717, 1.165) is 70.6 Å². The molecule has 9 nitrogen and oxygen atoms in total. The molecule has 0 bridgehead atoms. The third-order valence-electron chi connectivity index (χ3n) is 9.64. The Morgan fingerprint density at radius 3 is 1.46 bits per heavy atom. The van der Waals surface area contributed by atoms with Gasteiger partial charge in [-0.25, -0.2) is 4.57 Å². The second-order valence-electron chi connectivity index (χ2n) is 16.4. The van der Waals surface area contributed by atoms with Gasteiger partial charge in [-0.3, -0.25) is 18.6 Å². The van der Waals surface area contributed by atoms with Gasteiger partial charge in [0.1, 0.15) is 19.8 Å². The van der Waals surface area contributed by atoms with Crippen molar-refractivity contribution in [1.29, 1.82) is 0 Å². The number of phosphoric ester groups is 1. The monoisotopic (exact) mass is 813 g/mol. The molecule has 1 unspecified atom stereocenters. The predicted molar refractivity (Wildman–Crippen MR) is 234 cm³/mol. The highest BCUT2D eigenvalue weighted by Crippen LogP contribution is 2.43. The summed E-state index contributed by atoms with van der Waals surface area (Å²) in [6, 6.07) is 0. The Kier molecular flexibility index (Phi) is 37.5. The van der Waals surface area contributed by atoms with Gasteiger partial charge in [0, 0.05) is 12.8 Å². The average Bonchev–Trinajstić information content (AvgIpc) is 3.15. The number of carbonyl (C=O) groups excluding carboxylic acids is 2. The smallest absolute Gasteiger partial charge is 0.462 e. The molecule has 0 aromatic heterocycles. The maximum Gasteiger partial charge on any atom is 0.472 e. The van der Waals surface area contributed by atoms with Gasteiger partial charge in [0.25, 0.3) is 0 Å². The van der Waals surface area contributed by atoms with E-state index in [-0.39, 0.29) is 32.0 Å². The van der Waals surface area contributed by atoms with Crippen molar-refractivity contribution in [3.8, 4) is 0 Å². The molecule has 328 valence electrons. The summed E-state index contributed by atoms with van der Waals surface area (Å²) in [5.74, 6) is -0.812. The summed E-state index contributed by atoms with van der Waals surface area (Å²) in [6.07, 6.45) is 43.3. The molecule has 0 spiro atoms. The van der Waals surface area contributed by atoms with Crippen molar-refractivity contribution >= 4 is 19.8 Å². The number of unbranched alkanes of at least 4 members (excludes halogenated alkanes) is 21. The number of nitrogens with zero attached hydrogens (tertiary/aromatic N) is 1. The lowest BCUT2D eigenvalue weighted by atomic mass is 10.1. The number of phosphoric acid groups is 1. The van der Waals surface area contributed by atoms with Crippen molar-refractivity contribution in [2.75, 3.05) is 47.5 Å². The molecule has 2 atom stereocenters. The van der Waals surface area contributed by atoms with Crippen molar-refractivity contribution < 1.29 is 42.1 Å². The van der Waals surface area contributed by atoms with Crippen LogP contribution in [0.2, 0.25) is 0 Å². The molecule has 0 rings (SSSR count). The summed E-state index contributed by atoms with van der Waals surface area (Å²) in [5, 5.41) is 0. The summed E-state index contributed by atoms with van der Waals surface area (Å²) in [6.45, 7) is 4.37. The van der Waals surface area contributed by atoms with Crippen LogP contribution in [0.4, 0.5) is 0 Å². The lowest BCUT2D eigenvalue weighted by Gasteiger charge is -2.24. The molecule has 0 aromatic rings. The van der Waals surface area contributed by atoms with Gasteiger partial charge in [-0.05, 0) is 70.6 Å². The van der Waals surface area contributed by atoms with E-state index in [0.29, 0.717) is 17.4 Å². The third kappa shape index (κ3) is 41.9. The fourth-order valence-electron chi connectivity index (χ4n) is 6.04. The Bertz CT molecular complexity index is 1050. The molecule has 10 heteroatoms. The van der Waals surface area contributed by atoms with E-state index in [4.69, 9.17) is 18.5 Å². The number of hydrogen-bond acceptors (Lipinski definition) is 7. The zero-order valence-corrected chi connectivity index (χ0v) is 37.8. The van der Waals surface area contributed by atoms with E-state index in [1.807, 2.05) is 21.1 Å². The lowest BCUT2D eigenvalue weighted by Crippen LogP contribution is -2.37. The molecular weight excluding hydrogens is 725 g/mol. The number of carbonyl (C=O) groups is 2. The zero-order valence-electron chi connectivity index (χ0n) is 36.9. The minimum absolute atomic E-state index is 0.0295. The van der Waals surface area contributed by atoms with Crippen LogP contribution in [0.15, 0.2) is 36.5 Å². The number of allylic oxidation sites excluding steroid dienone is 6. The second kappa shape index (κ2) is 38.7. The summed E-state index contributed by atoms with van der Waals surface area (Å²) < 4.78 is 34.3. The standard InChI is InChI=1S/C46H86NO8P/c1-6-8-10-12-14-16-18-20-21-22-23-24-25-27-29-31-33-35-37-39-46(49)55-44(43-54-56(50,51)53-41-40-47(3,4)5)42-52-45(48)38-36-34-32-30-28-26-19-17-15-13-11-9-7-2/h14,16-17,19-21,44H,6-13,15,18,22-43H2,1-5H3/p+1/b16-14+,19-17+,21-20+/t44-/m1/s1. The van der Waals surface area contributed by atoms with Crippen LogP contribution in [0, 0.1) is 0 Å². The van der Waals surface area contributed by atoms with Gasteiger partial charge in [0.2, 0.25) is 0 Å². The van der Waals surface area contributed by atoms with Gasteiger partial charge in [-0.2, -0.15) is 0 Å². The van der Waals surface area contributed by atoms with Crippen LogP contribution in [-0.2, 0) is 32.7 Å². The molecular formula is C46H87NO8P+. The molecule has 1 N–H and O–H groups in total. The van der Waals surface area contributed by atoms with Crippen LogP contribution in [0.25, 0.3) is 0 Å². The minimum atomic E-state index is -4.38. The lowest BCUT2D eigenvalue weighted by molar-refractivity contribution is -0.870. The van der Waals surface area contributed by atoms with E-state index < -0.39 is 26.5 Å². The first kappa shape index (κ1) is 54.2. The summed E-state index contributed by atoms with van der Waals surface area (Å²) >= 11 is 0. The van der Waals surface area contributed by atoms with E-state index >= 15 is 0 Å². The summed E-state index contributed by atoms with van der Waals surface area (Å²) in [7, 11) is 1.47. The van der Waals surface area contributed by atoms with Crippen molar-refractivity contribution in [2.45, 2.75) is 200 Å². The fourth-order valence-corrected chi connectivity index (χ4v) is 6.78. The number of rotatable bonds is 41. The first-order valence-corrected chi connectivity index (χ1v) is 24.2. The molecule has 0 saturated carbocycles. The normalized spacial score (nSPS) is 13.9. The van der Waals surface area contributed by atoms with Gasteiger partial charge < -0.3 is 18.9 Å². The number of ether oxygens (including phenoxy) is 2. The molecule has 0 aliphatic carbocycles. The van der Waals surface area contributed by atoms with E-state index in [9.17, 15) is 19.0 Å². The Balaban J connectivity index is 4.33. The van der Waals surface area contributed by atoms with Gasteiger partial charge in [0.05, 0.1) is 27.7 Å². The molecule has 0 aromatic carbocycles.